The molecule has 0 aliphatic carbocycles. The third kappa shape index (κ3) is 1.90. The van der Waals surface area contributed by atoms with Gasteiger partial charge in [-0.2, -0.15) is 0 Å². The summed E-state index contributed by atoms with van der Waals surface area (Å²) in [6.07, 6.45) is 1.07. The Kier molecular flexibility index (Phi) is 2.97. The van der Waals surface area contributed by atoms with E-state index < -0.39 is 11.6 Å². The van der Waals surface area contributed by atoms with Crippen molar-refractivity contribution in [1.29, 1.82) is 5.41 Å². The minimum Gasteiger partial charge on any atom is -0.398 e. The Balaban J connectivity index is 2.66. The number of hydrogen-bond donors (Lipinski definition) is 3. The van der Waals surface area contributed by atoms with Crippen LogP contribution in [0.4, 0.5) is 20.2 Å². The van der Waals surface area contributed by atoms with E-state index in [0.717, 1.165) is 12.3 Å². The molecule has 0 aliphatic rings. The molecule has 18 heavy (non-hydrogen) atoms. The zero-order valence-electron chi connectivity index (χ0n) is 9.37. The maximum atomic E-state index is 13.8. The molecule has 0 atom stereocenters. The molecule has 2 aromatic carbocycles. The third-order valence-electron chi connectivity index (χ3n) is 2.65. The highest BCUT2D eigenvalue weighted by atomic mass is 19.1. The van der Waals surface area contributed by atoms with E-state index in [4.69, 9.17) is 16.9 Å². The number of hydrogen-bond acceptors (Lipinski definition) is 3. The molecule has 0 aromatic heterocycles. The highest BCUT2D eigenvalue weighted by Crippen LogP contribution is 2.31. The number of anilines is 2. The Bertz CT molecular complexity index is 624. The van der Waals surface area contributed by atoms with Crippen LogP contribution >= 0.6 is 0 Å². The monoisotopic (exact) mass is 247 g/mol. The minimum atomic E-state index is -0.808. The molecule has 5 N–H and O–H groups in total. The van der Waals surface area contributed by atoms with Gasteiger partial charge in [0.15, 0.2) is 5.82 Å². The summed E-state index contributed by atoms with van der Waals surface area (Å²) in [5.41, 5.74) is 11.8. The molecule has 3 nitrogen and oxygen atoms in total. The lowest BCUT2D eigenvalue weighted by Crippen LogP contribution is -1.98. The predicted octanol–water partition coefficient (Wildman–Crippen LogP) is 2.79. The van der Waals surface area contributed by atoms with E-state index in [1.807, 2.05) is 0 Å². The largest absolute Gasteiger partial charge is 0.398 e. The van der Waals surface area contributed by atoms with Crippen LogP contribution in [0, 0.1) is 17.0 Å². The number of nitrogens with two attached hydrogens (primary N) is 2. The van der Waals surface area contributed by atoms with Gasteiger partial charge in [0.1, 0.15) is 5.82 Å². The molecule has 92 valence electrons. The minimum absolute atomic E-state index is 0.124. The Morgan fingerprint density at radius 1 is 1.00 bits per heavy atom. The summed E-state index contributed by atoms with van der Waals surface area (Å²) in [4.78, 5) is 0. The molecule has 0 heterocycles. The maximum absolute atomic E-state index is 13.8. The fourth-order valence-electron chi connectivity index (χ4n) is 1.69. The lowest BCUT2D eigenvalue weighted by molar-refractivity contribution is 0.592. The summed E-state index contributed by atoms with van der Waals surface area (Å²) in [5.74, 6) is -1.51. The van der Waals surface area contributed by atoms with Gasteiger partial charge in [-0.1, -0.05) is 12.1 Å². The zero-order chi connectivity index (χ0) is 13.3. The fourth-order valence-corrected chi connectivity index (χ4v) is 1.69. The summed E-state index contributed by atoms with van der Waals surface area (Å²) in [6.45, 7) is 0. The summed E-state index contributed by atoms with van der Waals surface area (Å²) in [6, 6.07) is 6.72. The van der Waals surface area contributed by atoms with Gasteiger partial charge in [0.05, 0.1) is 11.3 Å². The third-order valence-corrected chi connectivity index (χ3v) is 2.65. The van der Waals surface area contributed by atoms with Gasteiger partial charge in [-0.05, 0) is 23.8 Å². The summed E-state index contributed by atoms with van der Waals surface area (Å²) < 4.78 is 27.5. The van der Waals surface area contributed by atoms with Crippen molar-refractivity contribution < 1.29 is 8.78 Å². The maximum Gasteiger partial charge on any atom is 0.156 e. The van der Waals surface area contributed by atoms with Gasteiger partial charge in [0.25, 0.3) is 0 Å². The van der Waals surface area contributed by atoms with Crippen molar-refractivity contribution in [2.75, 3.05) is 11.5 Å². The van der Waals surface area contributed by atoms with Crippen molar-refractivity contribution in [3.8, 4) is 11.1 Å². The quantitative estimate of drug-likeness (QED) is 0.563. The van der Waals surface area contributed by atoms with Gasteiger partial charge in [0, 0.05) is 17.5 Å². The molecule has 0 amide bonds. The second kappa shape index (κ2) is 4.44. The second-order valence-corrected chi connectivity index (χ2v) is 3.81. The van der Waals surface area contributed by atoms with Crippen LogP contribution in [0.3, 0.4) is 0 Å². The first kappa shape index (κ1) is 12.0. The first-order valence-corrected chi connectivity index (χ1v) is 5.18. The van der Waals surface area contributed by atoms with Crippen molar-refractivity contribution >= 4 is 17.6 Å². The van der Waals surface area contributed by atoms with Gasteiger partial charge in [-0.15, -0.1) is 0 Å². The van der Waals surface area contributed by atoms with E-state index in [2.05, 4.69) is 0 Å². The molecule has 0 unspecified atom stereocenters. The van der Waals surface area contributed by atoms with Crippen LogP contribution in [0.25, 0.3) is 11.1 Å². The van der Waals surface area contributed by atoms with E-state index in [0.29, 0.717) is 11.1 Å². The number of nitrogens with one attached hydrogen (secondary N) is 1. The second-order valence-electron chi connectivity index (χ2n) is 3.81. The molecule has 0 bridgehead atoms. The van der Waals surface area contributed by atoms with Crippen molar-refractivity contribution in [3.63, 3.8) is 0 Å². The Morgan fingerprint density at radius 2 is 1.72 bits per heavy atom. The molecule has 5 heteroatoms. The molecule has 0 fully saturated rings. The lowest BCUT2D eigenvalue weighted by atomic mass is 10.0. The fraction of sp³-hybridized carbons (Fsp3) is 0. The number of benzene rings is 2. The molecule has 0 spiro atoms. The SMILES string of the molecule is N=Cc1ccc(-c2c(F)ccc(N)c2F)cc1N. The van der Waals surface area contributed by atoms with Crippen LogP contribution in [0.1, 0.15) is 5.56 Å². The van der Waals surface area contributed by atoms with E-state index in [1.165, 1.54) is 24.3 Å². The standard InChI is InChI=1S/C13H11F2N3/c14-9-3-4-10(17)13(15)12(9)7-1-2-8(6-16)11(18)5-7/h1-6,16H,17-18H2. The lowest BCUT2D eigenvalue weighted by Gasteiger charge is -2.09. The number of nitrogen functional groups attached to an aromatic ring is 2. The Morgan fingerprint density at radius 3 is 2.33 bits per heavy atom. The normalized spacial score (nSPS) is 10.3. The van der Waals surface area contributed by atoms with E-state index in [1.54, 1.807) is 0 Å². The van der Waals surface area contributed by atoms with Crippen LogP contribution < -0.4 is 11.5 Å². The van der Waals surface area contributed by atoms with Crippen LogP contribution in [0.5, 0.6) is 0 Å². The Labute approximate surface area is 103 Å². The first-order valence-electron chi connectivity index (χ1n) is 5.18. The molecular weight excluding hydrogens is 236 g/mol. The van der Waals surface area contributed by atoms with Gasteiger partial charge >= 0.3 is 0 Å². The van der Waals surface area contributed by atoms with Gasteiger partial charge in [-0.25, -0.2) is 8.78 Å². The molecule has 0 aliphatic heterocycles. The number of halogens is 2. The van der Waals surface area contributed by atoms with Crippen LogP contribution in [0.15, 0.2) is 30.3 Å². The highest BCUT2D eigenvalue weighted by molar-refractivity contribution is 5.87. The first-order chi connectivity index (χ1) is 8.54. The molecule has 0 radical (unpaired) electrons. The van der Waals surface area contributed by atoms with Crippen LogP contribution in [-0.2, 0) is 0 Å². The van der Waals surface area contributed by atoms with Crippen molar-refractivity contribution in [2.24, 2.45) is 0 Å². The average Bonchev–Trinajstić information content (AvgIpc) is 2.35. The van der Waals surface area contributed by atoms with Crippen molar-refractivity contribution in [1.82, 2.24) is 0 Å². The van der Waals surface area contributed by atoms with Gasteiger partial charge in [-0.3, -0.25) is 0 Å². The topological polar surface area (TPSA) is 75.9 Å². The van der Waals surface area contributed by atoms with Crippen LogP contribution in [-0.4, -0.2) is 6.21 Å². The van der Waals surface area contributed by atoms with Gasteiger partial charge < -0.3 is 16.9 Å². The predicted molar refractivity (Wildman–Crippen MR) is 68.5 cm³/mol. The average molecular weight is 247 g/mol. The molecule has 2 rings (SSSR count). The van der Waals surface area contributed by atoms with E-state index in [9.17, 15) is 8.78 Å². The molecule has 0 saturated heterocycles. The number of rotatable bonds is 2. The molecule has 2 aromatic rings. The van der Waals surface area contributed by atoms with E-state index in [-0.39, 0.29) is 16.9 Å². The molecular formula is C13H11F2N3. The summed E-state index contributed by atoms with van der Waals surface area (Å²) >= 11 is 0. The zero-order valence-corrected chi connectivity index (χ0v) is 9.37. The van der Waals surface area contributed by atoms with Crippen LogP contribution in [0.2, 0.25) is 0 Å². The van der Waals surface area contributed by atoms with E-state index >= 15 is 0 Å². The Hall–Kier alpha value is -2.43. The smallest absolute Gasteiger partial charge is 0.156 e. The summed E-state index contributed by atoms with van der Waals surface area (Å²) in [5, 5.41) is 7.11. The summed E-state index contributed by atoms with van der Waals surface area (Å²) in [7, 11) is 0. The van der Waals surface area contributed by atoms with Gasteiger partial charge in [0.2, 0.25) is 0 Å². The van der Waals surface area contributed by atoms with Crippen molar-refractivity contribution in [3.05, 3.63) is 47.5 Å². The molecule has 0 saturated carbocycles. The highest BCUT2D eigenvalue weighted by Gasteiger charge is 2.14. The van der Waals surface area contributed by atoms with Crippen molar-refractivity contribution in [2.45, 2.75) is 0 Å².